The summed E-state index contributed by atoms with van der Waals surface area (Å²) in [6.45, 7) is 1.89. The summed E-state index contributed by atoms with van der Waals surface area (Å²) in [6.07, 6.45) is 3.70. The summed E-state index contributed by atoms with van der Waals surface area (Å²) in [6, 6.07) is 18.2. The van der Waals surface area contributed by atoms with Gasteiger partial charge >= 0.3 is 0 Å². The molecule has 1 atom stereocenters. The first kappa shape index (κ1) is 17.6. The molecule has 0 unspecified atom stereocenters. The highest BCUT2D eigenvalue weighted by atomic mass is 32.2. The fraction of sp³-hybridized carbons (Fsp3) is 0.222. The molecule has 23 heavy (non-hydrogen) atoms. The molecule has 3 nitrogen and oxygen atoms in total. The molecule has 0 radical (unpaired) electrons. The van der Waals surface area contributed by atoms with Crippen LogP contribution in [0.2, 0.25) is 0 Å². The molecule has 2 aromatic carbocycles. The van der Waals surface area contributed by atoms with Crippen LogP contribution in [-0.2, 0) is 10.5 Å². The Morgan fingerprint density at radius 1 is 1.17 bits per heavy atom. The number of amides is 1. The Kier molecular flexibility index (Phi) is 7.23. The van der Waals surface area contributed by atoms with Crippen molar-refractivity contribution in [3.8, 4) is 0 Å². The molecule has 120 valence electrons. The second-order valence-electron chi connectivity index (χ2n) is 4.95. The van der Waals surface area contributed by atoms with Gasteiger partial charge in [0.2, 0.25) is 0 Å². The molecule has 1 N–H and O–H groups in total. The van der Waals surface area contributed by atoms with Crippen LogP contribution >= 0.6 is 23.5 Å². The van der Waals surface area contributed by atoms with Crippen LogP contribution in [0.1, 0.15) is 18.1 Å². The van der Waals surface area contributed by atoms with Crippen molar-refractivity contribution in [3.63, 3.8) is 0 Å². The van der Waals surface area contributed by atoms with Crippen molar-refractivity contribution in [1.82, 2.24) is 5.43 Å². The van der Waals surface area contributed by atoms with Crippen molar-refractivity contribution in [3.05, 3.63) is 65.7 Å². The van der Waals surface area contributed by atoms with Gasteiger partial charge in [-0.3, -0.25) is 4.79 Å². The van der Waals surface area contributed by atoms with Crippen LogP contribution in [-0.4, -0.2) is 23.6 Å². The zero-order valence-electron chi connectivity index (χ0n) is 13.2. The van der Waals surface area contributed by atoms with Crippen molar-refractivity contribution in [2.75, 3.05) is 6.26 Å². The van der Waals surface area contributed by atoms with E-state index in [0.717, 1.165) is 11.3 Å². The quantitative estimate of drug-likeness (QED) is 0.465. The lowest BCUT2D eigenvalue weighted by Gasteiger charge is -2.09. The molecule has 0 fully saturated rings. The number of benzene rings is 2. The first-order valence-electron chi connectivity index (χ1n) is 7.31. The number of hydrogen-bond acceptors (Lipinski definition) is 4. The summed E-state index contributed by atoms with van der Waals surface area (Å²) in [5.41, 5.74) is 4.78. The van der Waals surface area contributed by atoms with Crippen molar-refractivity contribution >= 4 is 35.6 Å². The zero-order valence-corrected chi connectivity index (χ0v) is 14.9. The van der Waals surface area contributed by atoms with Gasteiger partial charge in [-0.15, -0.1) is 23.5 Å². The molecule has 0 spiro atoms. The molecule has 0 aliphatic rings. The van der Waals surface area contributed by atoms with E-state index in [1.54, 1.807) is 29.7 Å². The minimum absolute atomic E-state index is 0.0806. The summed E-state index contributed by atoms with van der Waals surface area (Å²) < 4.78 is 0. The highest BCUT2D eigenvalue weighted by Gasteiger charge is 2.12. The zero-order chi connectivity index (χ0) is 16.5. The normalized spacial score (nSPS) is 12.3. The molecule has 0 saturated heterocycles. The molecule has 5 heteroatoms. The van der Waals surface area contributed by atoms with Gasteiger partial charge in [0, 0.05) is 10.6 Å². The van der Waals surface area contributed by atoms with E-state index in [2.05, 4.69) is 22.7 Å². The van der Waals surface area contributed by atoms with E-state index in [4.69, 9.17) is 0 Å². The lowest BCUT2D eigenvalue weighted by Crippen LogP contribution is -2.26. The Bertz CT molecular complexity index is 642. The molecule has 0 heterocycles. The Hall–Kier alpha value is -1.72. The number of nitrogens with one attached hydrogen (secondary N) is 1. The standard InChI is InChI=1S/C18H20N2OS2/c1-14(23-13-16-6-4-3-5-7-16)18(21)20-19-12-15-8-10-17(22-2)11-9-15/h3-12,14H,13H2,1-2H3,(H,20,21)/b19-12-/t14-/m0/s1. The van der Waals surface area contributed by atoms with Crippen LogP contribution in [0.3, 0.4) is 0 Å². The van der Waals surface area contributed by atoms with Crippen LogP contribution in [0.4, 0.5) is 0 Å². The minimum Gasteiger partial charge on any atom is -0.272 e. The third-order valence-electron chi connectivity index (χ3n) is 3.22. The summed E-state index contributed by atoms with van der Waals surface area (Å²) >= 11 is 3.30. The maximum Gasteiger partial charge on any atom is 0.252 e. The molecular weight excluding hydrogens is 324 g/mol. The fourth-order valence-corrected chi connectivity index (χ4v) is 3.07. The van der Waals surface area contributed by atoms with E-state index in [0.29, 0.717) is 0 Å². The van der Waals surface area contributed by atoms with Gasteiger partial charge in [-0.05, 0) is 36.4 Å². The van der Waals surface area contributed by atoms with Gasteiger partial charge in [0.05, 0.1) is 11.5 Å². The summed E-state index contributed by atoms with van der Waals surface area (Å²) in [5, 5.41) is 3.88. The SMILES string of the molecule is CSc1ccc(/C=N\NC(=O)[C@H](C)SCc2ccccc2)cc1. The van der Waals surface area contributed by atoms with Crippen LogP contribution in [0.15, 0.2) is 64.6 Å². The number of carbonyl (C=O) groups excluding carboxylic acids is 1. The van der Waals surface area contributed by atoms with Crippen molar-refractivity contribution < 1.29 is 4.79 Å². The minimum atomic E-state index is -0.147. The largest absolute Gasteiger partial charge is 0.272 e. The van der Waals surface area contributed by atoms with Crippen molar-refractivity contribution in [2.45, 2.75) is 22.8 Å². The predicted molar refractivity (Wildman–Crippen MR) is 101 cm³/mol. The number of thioether (sulfide) groups is 2. The van der Waals surface area contributed by atoms with E-state index in [1.807, 2.05) is 55.6 Å². The summed E-state index contributed by atoms with van der Waals surface area (Å²) in [5.74, 6) is 0.734. The highest BCUT2D eigenvalue weighted by molar-refractivity contribution is 7.99. The molecular formula is C18H20N2OS2. The molecule has 0 aromatic heterocycles. The summed E-state index contributed by atoms with van der Waals surface area (Å²) in [4.78, 5) is 13.2. The number of nitrogens with zero attached hydrogens (tertiary/aromatic N) is 1. The predicted octanol–water partition coefficient (Wildman–Crippen LogP) is 4.18. The molecule has 0 bridgehead atoms. The third-order valence-corrected chi connectivity index (χ3v) is 5.17. The second-order valence-corrected chi connectivity index (χ2v) is 7.16. The first-order chi connectivity index (χ1) is 11.2. The Morgan fingerprint density at radius 2 is 1.87 bits per heavy atom. The van der Waals surface area contributed by atoms with Gasteiger partial charge in [0.15, 0.2) is 0 Å². The number of hydrazone groups is 1. The van der Waals surface area contributed by atoms with E-state index < -0.39 is 0 Å². The van der Waals surface area contributed by atoms with Crippen LogP contribution in [0, 0.1) is 0 Å². The molecule has 1 amide bonds. The van der Waals surface area contributed by atoms with E-state index in [9.17, 15) is 4.79 Å². The molecule has 0 saturated carbocycles. The van der Waals surface area contributed by atoms with Gasteiger partial charge in [-0.1, -0.05) is 42.5 Å². The van der Waals surface area contributed by atoms with Crippen molar-refractivity contribution in [1.29, 1.82) is 0 Å². The number of carbonyl (C=O) groups is 1. The van der Waals surface area contributed by atoms with Gasteiger partial charge in [-0.25, -0.2) is 5.43 Å². The molecule has 2 aromatic rings. The Balaban J connectivity index is 1.77. The Labute approximate surface area is 146 Å². The van der Waals surface area contributed by atoms with Crippen LogP contribution < -0.4 is 5.43 Å². The second kappa shape index (κ2) is 9.43. The van der Waals surface area contributed by atoms with Crippen LogP contribution in [0.25, 0.3) is 0 Å². The lowest BCUT2D eigenvalue weighted by molar-refractivity contribution is -0.120. The third kappa shape index (κ3) is 6.12. The lowest BCUT2D eigenvalue weighted by atomic mass is 10.2. The molecule has 0 aliphatic carbocycles. The van der Waals surface area contributed by atoms with Crippen LogP contribution in [0.5, 0.6) is 0 Å². The average molecular weight is 345 g/mol. The smallest absolute Gasteiger partial charge is 0.252 e. The van der Waals surface area contributed by atoms with E-state index in [1.165, 1.54) is 10.5 Å². The van der Waals surface area contributed by atoms with Gasteiger partial charge in [0.25, 0.3) is 5.91 Å². The highest BCUT2D eigenvalue weighted by Crippen LogP contribution is 2.17. The maximum atomic E-state index is 12.0. The van der Waals surface area contributed by atoms with E-state index in [-0.39, 0.29) is 11.2 Å². The fourth-order valence-electron chi connectivity index (χ4n) is 1.82. The monoisotopic (exact) mass is 344 g/mol. The number of hydrogen-bond donors (Lipinski definition) is 1. The van der Waals surface area contributed by atoms with Gasteiger partial charge < -0.3 is 0 Å². The Morgan fingerprint density at radius 3 is 2.52 bits per heavy atom. The van der Waals surface area contributed by atoms with Gasteiger partial charge in [0.1, 0.15) is 0 Å². The molecule has 2 rings (SSSR count). The van der Waals surface area contributed by atoms with Gasteiger partial charge in [-0.2, -0.15) is 5.10 Å². The average Bonchev–Trinajstić information content (AvgIpc) is 2.61. The summed E-state index contributed by atoms with van der Waals surface area (Å²) in [7, 11) is 0. The van der Waals surface area contributed by atoms with Crippen molar-refractivity contribution in [2.24, 2.45) is 5.10 Å². The number of rotatable bonds is 7. The molecule has 0 aliphatic heterocycles. The first-order valence-corrected chi connectivity index (χ1v) is 9.59. The maximum absolute atomic E-state index is 12.0. The topological polar surface area (TPSA) is 41.5 Å². The van der Waals surface area contributed by atoms with E-state index >= 15 is 0 Å².